The van der Waals surface area contributed by atoms with Crippen LogP contribution in [0.3, 0.4) is 0 Å². The molecule has 0 saturated carbocycles. The number of piperidine rings is 1. The SMILES string of the molecule is c1nc2c([nH]1)CNC(CN1CCCCC1)C2. The van der Waals surface area contributed by atoms with Gasteiger partial charge in [0.25, 0.3) is 0 Å². The van der Waals surface area contributed by atoms with Crippen molar-refractivity contribution in [3.8, 4) is 0 Å². The molecule has 0 amide bonds. The monoisotopic (exact) mass is 220 g/mol. The summed E-state index contributed by atoms with van der Waals surface area (Å²) in [6, 6.07) is 0.592. The first-order valence-corrected chi connectivity index (χ1v) is 6.38. The number of nitrogens with one attached hydrogen (secondary N) is 2. The Labute approximate surface area is 96.4 Å². The highest BCUT2D eigenvalue weighted by Crippen LogP contribution is 2.15. The van der Waals surface area contributed by atoms with Gasteiger partial charge in [0.15, 0.2) is 0 Å². The molecule has 1 unspecified atom stereocenters. The molecule has 1 fully saturated rings. The van der Waals surface area contributed by atoms with Crippen LogP contribution in [0.25, 0.3) is 0 Å². The van der Waals surface area contributed by atoms with Crippen LogP contribution in [0.1, 0.15) is 30.7 Å². The summed E-state index contributed by atoms with van der Waals surface area (Å²) in [5.41, 5.74) is 2.54. The van der Waals surface area contributed by atoms with Crippen LogP contribution >= 0.6 is 0 Å². The van der Waals surface area contributed by atoms with E-state index in [2.05, 4.69) is 20.2 Å². The minimum Gasteiger partial charge on any atom is -0.347 e. The summed E-state index contributed by atoms with van der Waals surface area (Å²) in [5, 5.41) is 3.60. The Kier molecular flexibility index (Phi) is 2.93. The van der Waals surface area contributed by atoms with Gasteiger partial charge in [0.2, 0.25) is 0 Å². The molecule has 3 heterocycles. The molecule has 2 aliphatic rings. The van der Waals surface area contributed by atoms with Crippen LogP contribution < -0.4 is 5.32 Å². The van der Waals surface area contributed by atoms with E-state index in [9.17, 15) is 0 Å². The van der Waals surface area contributed by atoms with Crippen molar-refractivity contribution in [1.29, 1.82) is 0 Å². The number of hydrogen-bond donors (Lipinski definition) is 2. The molecule has 0 radical (unpaired) electrons. The molecule has 0 bridgehead atoms. The predicted molar refractivity (Wildman–Crippen MR) is 63.2 cm³/mol. The zero-order valence-electron chi connectivity index (χ0n) is 9.71. The molecule has 2 aliphatic heterocycles. The van der Waals surface area contributed by atoms with E-state index in [1.807, 2.05) is 6.33 Å². The van der Waals surface area contributed by atoms with Crippen LogP contribution in [0.4, 0.5) is 0 Å². The number of likely N-dealkylation sites (tertiary alicyclic amines) is 1. The molecule has 2 N–H and O–H groups in total. The normalized spacial score (nSPS) is 26.6. The summed E-state index contributed by atoms with van der Waals surface area (Å²) in [7, 11) is 0. The molecular formula is C12H20N4. The van der Waals surface area contributed by atoms with E-state index < -0.39 is 0 Å². The van der Waals surface area contributed by atoms with Gasteiger partial charge in [0.1, 0.15) is 0 Å². The third-order valence-electron chi connectivity index (χ3n) is 3.74. The average molecular weight is 220 g/mol. The van der Waals surface area contributed by atoms with Crippen molar-refractivity contribution in [3.63, 3.8) is 0 Å². The number of hydrogen-bond acceptors (Lipinski definition) is 3. The molecule has 88 valence electrons. The summed E-state index contributed by atoms with van der Waals surface area (Å²) < 4.78 is 0. The van der Waals surface area contributed by atoms with Crippen LogP contribution in [-0.2, 0) is 13.0 Å². The second kappa shape index (κ2) is 4.55. The topological polar surface area (TPSA) is 44.0 Å². The Morgan fingerprint density at radius 2 is 2.19 bits per heavy atom. The van der Waals surface area contributed by atoms with E-state index in [4.69, 9.17) is 0 Å². The van der Waals surface area contributed by atoms with Gasteiger partial charge in [-0.15, -0.1) is 0 Å². The maximum Gasteiger partial charge on any atom is 0.0925 e. The highest BCUT2D eigenvalue weighted by atomic mass is 15.2. The van der Waals surface area contributed by atoms with Gasteiger partial charge in [-0.1, -0.05) is 6.42 Å². The Bertz CT molecular complexity index is 341. The quantitative estimate of drug-likeness (QED) is 0.778. The molecule has 0 spiro atoms. The molecule has 1 aromatic heterocycles. The second-order valence-corrected chi connectivity index (χ2v) is 4.97. The number of imidazole rings is 1. The van der Waals surface area contributed by atoms with Gasteiger partial charge in [0.05, 0.1) is 17.7 Å². The lowest BCUT2D eigenvalue weighted by Crippen LogP contribution is -2.46. The van der Waals surface area contributed by atoms with Gasteiger partial charge in [-0.2, -0.15) is 0 Å². The van der Waals surface area contributed by atoms with Gasteiger partial charge in [0, 0.05) is 25.6 Å². The first-order valence-electron chi connectivity index (χ1n) is 6.38. The van der Waals surface area contributed by atoms with E-state index >= 15 is 0 Å². The predicted octanol–water partition coefficient (Wildman–Crippen LogP) is 0.910. The van der Waals surface area contributed by atoms with Gasteiger partial charge in [-0.25, -0.2) is 4.98 Å². The van der Waals surface area contributed by atoms with E-state index in [-0.39, 0.29) is 0 Å². The smallest absolute Gasteiger partial charge is 0.0925 e. The molecule has 1 atom stereocenters. The van der Waals surface area contributed by atoms with Gasteiger partial charge in [-0.05, 0) is 25.9 Å². The van der Waals surface area contributed by atoms with Crippen molar-refractivity contribution in [2.45, 2.75) is 38.3 Å². The highest BCUT2D eigenvalue weighted by molar-refractivity contribution is 5.15. The molecule has 4 nitrogen and oxygen atoms in total. The molecule has 1 saturated heterocycles. The van der Waals surface area contributed by atoms with Crippen LogP contribution in [0.2, 0.25) is 0 Å². The number of aromatic nitrogens is 2. The van der Waals surface area contributed by atoms with Crippen molar-refractivity contribution in [2.75, 3.05) is 19.6 Å². The van der Waals surface area contributed by atoms with Crippen LogP contribution in [-0.4, -0.2) is 40.5 Å². The average Bonchev–Trinajstić information content (AvgIpc) is 2.77. The lowest BCUT2D eigenvalue weighted by Gasteiger charge is -2.32. The first-order chi connectivity index (χ1) is 7.92. The van der Waals surface area contributed by atoms with Gasteiger partial charge >= 0.3 is 0 Å². The van der Waals surface area contributed by atoms with Crippen molar-refractivity contribution < 1.29 is 0 Å². The Balaban J connectivity index is 1.57. The number of H-pyrrole nitrogens is 1. The van der Waals surface area contributed by atoms with E-state index in [0.29, 0.717) is 6.04 Å². The fraction of sp³-hybridized carbons (Fsp3) is 0.750. The van der Waals surface area contributed by atoms with Crippen LogP contribution in [0.15, 0.2) is 6.33 Å². The van der Waals surface area contributed by atoms with Crippen molar-refractivity contribution in [1.82, 2.24) is 20.2 Å². The molecule has 16 heavy (non-hydrogen) atoms. The first kappa shape index (κ1) is 10.3. The zero-order valence-corrected chi connectivity index (χ0v) is 9.71. The lowest BCUT2D eigenvalue weighted by molar-refractivity contribution is 0.200. The molecule has 0 aromatic carbocycles. The third kappa shape index (κ3) is 2.13. The fourth-order valence-electron chi connectivity index (χ4n) is 2.81. The van der Waals surface area contributed by atoms with E-state index in [1.54, 1.807) is 0 Å². The van der Waals surface area contributed by atoms with E-state index in [1.165, 1.54) is 50.3 Å². The molecule has 4 heteroatoms. The minimum absolute atomic E-state index is 0.592. The van der Waals surface area contributed by atoms with Gasteiger partial charge in [-0.3, -0.25) is 0 Å². The second-order valence-electron chi connectivity index (χ2n) is 4.97. The maximum absolute atomic E-state index is 4.39. The molecule has 0 aliphatic carbocycles. The number of nitrogens with zero attached hydrogens (tertiary/aromatic N) is 2. The zero-order chi connectivity index (χ0) is 10.8. The minimum atomic E-state index is 0.592. The summed E-state index contributed by atoms with van der Waals surface area (Å²) in [4.78, 5) is 10.2. The summed E-state index contributed by atoms with van der Waals surface area (Å²) in [6.45, 7) is 4.71. The van der Waals surface area contributed by atoms with E-state index in [0.717, 1.165) is 13.0 Å². The third-order valence-corrected chi connectivity index (χ3v) is 3.74. The number of aromatic amines is 1. The summed E-state index contributed by atoms with van der Waals surface area (Å²) in [6.07, 6.45) is 7.06. The Hall–Kier alpha value is -0.870. The number of rotatable bonds is 2. The fourth-order valence-corrected chi connectivity index (χ4v) is 2.81. The van der Waals surface area contributed by atoms with Crippen LogP contribution in [0, 0.1) is 0 Å². The maximum atomic E-state index is 4.39. The Morgan fingerprint density at radius 1 is 1.31 bits per heavy atom. The standard InChI is InChI=1S/C12H20N4/c1-2-4-16(5-3-1)8-10-6-11-12(7-13-10)15-9-14-11/h9-10,13H,1-8H2,(H,14,15). The van der Waals surface area contributed by atoms with Crippen molar-refractivity contribution in [3.05, 3.63) is 17.7 Å². The summed E-state index contributed by atoms with van der Waals surface area (Å²) >= 11 is 0. The lowest BCUT2D eigenvalue weighted by atomic mass is 10.0. The molecule has 3 rings (SSSR count). The van der Waals surface area contributed by atoms with Gasteiger partial charge < -0.3 is 15.2 Å². The molecule has 1 aromatic rings. The van der Waals surface area contributed by atoms with Crippen molar-refractivity contribution in [2.24, 2.45) is 0 Å². The van der Waals surface area contributed by atoms with Crippen LogP contribution in [0.5, 0.6) is 0 Å². The summed E-state index contributed by atoms with van der Waals surface area (Å²) in [5.74, 6) is 0. The largest absolute Gasteiger partial charge is 0.347 e. The Morgan fingerprint density at radius 3 is 3.06 bits per heavy atom. The molecular weight excluding hydrogens is 200 g/mol. The number of fused-ring (bicyclic) bond motifs is 1. The van der Waals surface area contributed by atoms with Crippen molar-refractivity contribution >= 4 is 0 Å². The highest BCUT2D eigenvalue weighted by Gasteiger charge is 2.22.